The minimum absolute atomic E-state index is 0.0345. The van der Waals surface area contributed by atoms with Crippen molar-refractivity contribution in [3.05, 3.63) is 12.7 Å². The average molecular weight is 540 g/mol. The van der Waals surface area contributed by atoms with Gasteiger partial charge in [0.1, 0.15) is 37.8 Å². The van der Waals surface area contributed by atoms with Crippen LogP contribution in [0.25, 0.3) is 11.2 Å². The molecule has 0 spiro atoms. The first-order valence-electron chi connectivity index (χ1n) is 9.13. The Morgan fingerprint density at radius 3 is 2.53 bits per heavy atom. The van der Waals surface area contributed by atoms with E-state index in [9.17, 15) is 38.6 Å². The molecule has 0 amide bonds. The quantitative estimate of drug-likeness (QED) is 0.209. The molecule has 188 valence electrons. The van der Waals surface area contributed by atoms with Crippen LogP contribution in [-0.2, 0) is 31.6 Å². The molecule has 3 heterocycles. The van der Waals surface area contributed by atoms with Gasteiger partial charge in [0.2, 0.25) is 0 Å². The average Bonchev–Trinajstić information content (AvgIpc) is 3.26. The summed E-state index contributed by atoms with van der Waals surface area (Å²) in [5, 5.41) is 20.5. The van der Waals surface area contributed by atoms with Gasteiger partial charge in [0.15, 0.2) is 17.7 Å². The molecule has 4 unspecified atom stereocenters. The number of phosphoric ester groups is 1. The van der Waals surface area contributed by atoms with Gasteiger partial charge in [0, 0.05) is 12.6 Å². The molecular weight excluding hydrogens is 523 g/mol. The van der Waals surface area contributed by atoms with Crippen LogP contribution in [0.15, 0.2) is 12.7 Å². The second kappa shape index (κ2) is 10.1. The zero-order valence-electron chi connectivity index (χ0n) is 16.8. The van der Waals surface area contributed by atoms with Gasteiger partial charge in [0.25, 0.3) is 15.6 Å². The molecule has 1 aliphatic rings. The van der Waals surface area contributed by atoms with Crippen LogP contribution in [-0.4, -0.2) is 60.8 Å². The Bertz CT molecular complexity index is 1230. The number of aliphatic hydroxyl groups excluding tert-OH is 2. The van der Waals surface area contributed by atoms with Gasteiger partial charge >= 0.3 is 0 Å². The third-order valence-electron chi connectivity index (χ3n) is 4.35. The van der Waals surface area contributed by atoms with Crippen molar-refractivity contribution in [3.8, 4) is 12.3 Å². The predicted molar refractivity (Wildman–Crippen MR) is 105 cm³/mol. The van der Waals surface area contributed by atoms with Crippen LogP contribution in [0.3, 0.4) is 0 Å². The monoisotopic (exact) mass is 540 g/mol. The number of anilines is 1. The summed E-state index contributed by atoms with van der Waals surface area (Å²) in [5.74, 6) is 1.97. The number of imidazole rings is 1. The maximum absolute atomic E-state index is 11.9. The number of hydrogen-bond acceptors (Lipinski definition) is 16. The number of nitrogens with zero attached hydrogens (tertiary/aromatic N) is 4. The first kappa shape index (κ1) is 26.8. The number of nitrogen functional groups attached to an aromatic ring is 1. The summed E-state index contributed by atoms with van der Waals surface area (Å²) < 4.78 is 53.5. The van der Waals surface area contributed by atoms with Gasteiger partial charge in [-0.25, -0.2) is 19.3 Å². The maximum atomic E-state index is 11.9. The van der Waals surface area contributed by atoms with E-state index in [4.69, 9.17) is 16.9 Å². The molecule has 1 fully saturated rings. The lowest BCUT2D eigenvalue weighted by Crippen LogP contribution is -2.34. The number of ether oxygens (including phenoxy) is 1. The summed E-state index contributed by atoms with van der Waals surface area (Å²) in [4.78, 5) is 46.7. The van der Waals surface area contributed by atoms with Gasteiger partial charge in [-0.2, -0.15) is 0 Å². The zero-order chi connectivity index (χ0) is 25.3. The molecule has 0 radical (unpaired) electrons. The molecule has 1 aliphatic heterocycles. The van der Waals surface area contributed by atoms with Gasteiger partial charge in [-0.05, 0) is 0 Å². The molecule has 0 aromatic carbocycles. The number of fused-ring (bicyclic) bond motifs is 1. The third-order valence-corrected chi connectivity index (χ3v) is 8.98. The molecule has 2 aromatic rings. The Labute approximate surface area is 191 Å². The van der Waals surface area contributed by atoms with Crippen LogP contribution >= 0.6 is 23.2 Å². The Morgan fingerprint density at radius 1 is 1.15 bits per heavy atom. The largest absolute Gasteiger partial charge is 0.778 e. The molecule has 2 aromatic heterocycles. The van der Waals surface area contributed by atoms with Crippen LogP contribution in [0, 0.1) is 12.3 Å². The van der Waals surface area contributed by atoms with Gasteiger partial charge in [-0.15, -0.1) is 12.3 Å². The number of terminal acetylenes is 1. The van der Waals surface area contributed by atoms with E-state index < -0.39 is 67.0 Å². The topological polar surface area (TPSA) is 267 Å². The molecule has 3 rings (SSSR count). The van der Waals surface area contributed by atoms with Crippen molar-refractivity contribution >= 4 is 40.2 Å². The van der Waals surface area contributed by atoms with E-state index in [1.807, 2.05) is 5.92 Å². The van der Waals surface area contributed by atoms with Gasteiger partial charge in [-0.1, -0.05) is 0 Å². The summed E-state index contributed by atoms with van der Waals surface area (Å²) in [7, 11) is -16.7. The van der Waals surface area contributed by atoms with E-state index in [1.54, 1.807) is 0 Å². The van der Waals surface area contributed by atoms with E-state index >= 15 is 0 Å². The predicted octanol–water partition coefficient (Wildman–Crippen LogP) is -2.41. The molecule has 34 heavy (non-hydrogen) atoms. The summed E-state index contributed by atoms with van der Waals surface area (Å²) in [6.07, 6.45) is -0.240. The van der Waals surface area contributed by atoms with Crippen LogP contribution in [0.5, 0.6) is 0 Å². The molecule has 17 nitrogen and oxygen atoms in total. The highest BCUT2D eigenvalue weighted by Crippen LogP contribution is 2.62. The number of aliphatic hydroxyl groups is 2. The van der Waals surface area contributed by atoms with E-state index in [1.165, 1.54) is 10.9 Å². The molecule has 4 N–H and O–H groups in total. The lowest BCUT2D eigenvalue weighted by Gasteiger charge is -2.35. The minimum atomic E-state index is -5.93. The normalized spacial score (nSPS) is 28.1. The van der Waals surface area contributed by atoms with Crippen molar-refractivity contribution in [2.75, 3.05) is 18.5 Å². The van der Waals surface area contributed by atoms with E-state index in [0.29, 0.717) is 0 Å². The second-order valence-corrected chi connectivity index (χ2v) is 11.8. The zero-order valence-corrected chi connectivity index (χ0v) is 19.5. The lowest BCUT2D eigenvalue weighted by atomic mass is 10.1. The molecule has 0 saturated carbocycles. The molecule has 1 saturated heterocycles. The molecule has 20 heteroatoms. The van der Waals surface area contributed by atoms with E-state index in [0.717, 1.165) is 6.33 Å². The van der Waals surface area contributed by atoms with Crippen molar-refractivity contribution < 1.29 is 56.5 Å². The first-order valence-corrected chi connectivity index (χ1v) is 13.8. The highest BCUT2D eigenvalue weighted by atomic mass is 31.3. The van der Waals surface area contributed by atoms with Crippen LogP contribution < -0.4 is 20.4 Å². The van der Waals surface area contributed by atoms with Crippen molar-refractivity contribution in [2.45, 2.75) is 31.0 Å². The van der Waals surface area contributed by atoms with Crippen molar-refractivity contribution in [3.63, 3.8) is 0 Å². The fourth-order valence-corrected chi connectivity index (χ4v) is 6.71. The summed E-state index contributed by atoms with van der Waals surface area (Å²) in [5.41, 5.74) is 6.00. The van der Waals surface area contributed by atoms with Crippen molar-refractivity contribution in [1.29, 1.82) is 0 Å². The fourth-order valence-electron chi connectivity index (χ4n) is 2.87. The molecular formula is C14H17N5O12P3-3. The number of rotatable bonds is 10. The first-order chi connectivity index (χ1) is 15.8. The number of aromatic nitrogens is 4. The molecule has 7 atom stereocenters. The van der Waals surface area contributed by atoms with Crippen molar-refractivity contribution in [1.82, 2.24) is 19.5 Å². The second-order valence-electron chi connectivity index (χ2n) is 6.77. The fraction of sp³-hybridized carbons (Fsp3) is 0.500. The van der Waals surface area contributed by atoms with Crippen LogP contribution in [0.4, 0.5) is 5.82 Å². The van der Waals surface area contributed by atoms with Gasteiger partial charge in [0.05, 0.1) is 12.9 Å². The Kier molecular flexibility index (Phi) is 7.96. The highest BCUT2D eigenvalue weighted by molar-refractivity contribution is 7.66. The van der Waals surface area contributed by atoms with E-state index in [2.05, 4.69) is 28.1 Å². The summed E-state index contributed by atoms with van der Waals surface area (Å²) in [6, 6.07) is 0. The Morgan fingerprint density at radius 2 is 1.85 bits per heavy atom. The summed E-state index contributed by atoms with van der Waals surface area (Å²) in [6.45, 7) is -1.02. The number of phosphoric acid groups is 2. The highest BCUT2D eigenvalue weighted by Gasteiger charge is 2.45. The molecule has 0 bridgehead atoms. The maximum Gasteiger partial charge on any atom is 0.279 e. The Balaban J connectivity index is 1.65. The summed E-state index contributed by atoms with van der Waals surface area (Å²) >= 11 is 0. The smallest absolute Gasteiger partial charge is 0.279 e. The van der Waals surface area contributed by atoms with E-state index in [-0.39, 0.29) is 17.0 Å². The van der Waals surface area contributed by atoms with Gasteiger partial charge < -0.3 is 44.5 Å². The minimum Gasteiger partial charge on any atom is -0.778 e. The van der Waals surface area contributed by atoms with Gasteiger partial charge in [-0.3, -0.25) is 18.0 Å². The van der Waals surface area contributed by atoms with Crippen molar-refractivity contribution in [2.24, 2.45) is 0 Å². The molecule has 0 aliphatic carbocycles. The standard InChI is InChI=1S/C14H20N5O12P3/c1-2-3-4-32(22,23)30-34(26,27)31-33(24,25)28-5-8-10(20)11(21)14(29-8)19-7-18-9-12(15)16-6-17-13(9)19/h1,6-8,10-11,14,20-21H,3-5H2,(H,22,23)(H,24,25)(H,26,27)(H2,15,16,17)/p-3/t8-,10?,11+,14-/m1/s1. The Hall–Kier alpha value is -1.76. The number of hydrogen-bond donors (Lipinski definition) is 3. The third kappa shape index (κ3) is 6.27. The van der Waals surface area contributed by atoms with Crippen LogP contribution in [0.2, 0.25) is 0 Å². The lowest BCUT2D eigenvalue weighted by molar-refractivity contribution is -0.246. The van der Waals surface area contributed by atoms with Crippen LogP contribution in [0.1, 0.15) is 12.6 Å². The SMILES string of the molecule is C#CCCP(=O)([O-])OP(=O)([O-])OP(=O)([O-])OC[C@H]1O[C@@H](n2cnc3c(N)ncnc32)[C@@H](O)C1O. The number of nitrogens with two attached hydrogens (primary N) is 1.